The van der Waals surface area contributed by atoms with Gasteiger partial charge in [-0.2, -0.15) is 0 Å². The molecule has 1 saturated carbocycles. The lowest BCUT2D eigenvalue weighted by Gasteiger charge is -2.07. The van der Waals surface area contributed by atoms with Crippen molar-refractivity contribution in [3.05, 3.63) is 0 Å². The molecule has 1 aliphatic rings. The highest BCUT2D eigenvalue weighted by atomic mass is 14.9. The number of rotatable bonds is 10. The molecule has 0 amide bonds. The van der Waals surface area contributed by atoms with Crippen LogP contribution in [0, 0.1) is 0 Å². The Labute approximate surface area is 95.2 Å². The minimum atomic E-state index is 0.646. The first-order valence-electron chi connectivity index (χ1n) is 6.76. The summed E-state index contributed by atoms with van der Waals surface area (Å²) in [5, 5.41) is 7.02. The Morgan fingerprint density at radius 2 is 1.53 bits per heavy atom. The van der Waals surface area contributed by atoms with Gasteiger partial charge < -0.3 is 10.6 Å². The summed E-state index contributed by atoms with van der Waals surface area (Å²) >= 11 is 0. The van der Waals surface area contributed by atoms with Gasteiger partial charge in [0.1, 0.15) is 0 Å². The number of nitrogens with one attached hydrogen (secondary N) is 2. The minimum absolute atomic E-state index is 0.646. The lowest BCUT2D eigenvalue weighted by molar-refractivity contribution is 0.529. The highest BCUT2D eigenvalue weighted by Crippen LogP contribution is 2.18. The Balaban J connectivity index is 1.65. The van der Waals surface area contributed by atoms with Gasteiger partial charge in [0, 0.05) is 12.1 Å². The summed E-state index contributed by atoms with van der Waals surface area (Å²) in [6.07, 6.45) is 9.75. The normalized spacial score (nSPS) is 16.2. The zero-order valence-corrected chi connectivity index (χ0v) is 10.5. The first kappa shape index (κ1) is 13.0. The Morgan fingerprint density at radius 3 is 2.13 bits per heavy atom. The molecular formula is C13H28N2. The third kappa shape index (κ3) is 8.88. The van der Waals surface area contributed by atoms with Gasteiger partial charge in [-0.05, 0) is 38.8 Å². The largest absolute Gasteiger partial charge is 0.315 e. The van der Waals surface area contributed by atoms with Crippen LogP contribution in [0.2, 0.25) is 0 Å². The van der Waals surface area contributed by atoms with Crippen molar-refractivity contribution in [2.24, 2.45) is 0 Å². The van der Waals surface area contributed by atoms with Gasteiger partial charge in [-0.3, -0.25) is 0 Å². The smallest absolute Gasteiger partial charge is 0.00682 e. The zero-order valence-electron chi connectivity index (χ0n) is 10.5. The Bertz CT molecular complexity index is 133. The number of hydrogen-bond acceptors (Lipinski definition) is 2. The van der Waals surface area contributed by atoms with E-state index in [1.807, 2.05) is 0 Å². The molecule has 2 heteroatoms. The van der Waals surface area contributed by atoms with Gasteiger partial charge in [-0.1, -0.05) is 33.1 Å². The van der Waals surface area contributed by atoms with Crippen molar-refractivity contribution >= 4 is 0 Å². The van der Waals surface area contributed by atoms with Crippen LogP contribution in [0.4, 0.5) is 0 Å². The fourth-order valence-electron chi connectivity index (χ4n) is 1.76. The van der Waals surface area contributed by atoms with Gasteiger partial charge in [-0.25, -0.2) is 0 Å². The van der Waals surface area contributed by atoms with Crippen LogP contribution >= 0.6 is 0 Å². The quantitative estimate of drug-likeness (QED) is 0.544. The van der Waals surface area contributed by atoms with Crippen LogP contribution in [0.15, 0.2) is 0 Å². The molecule has 0 aromatic carbocycles. The first-order valence-corrected chi connectivity index (χ1v) is 6.76. The summed E-state index contributed by atoms with van der Waals surface area (Å²) in [5.41, 5.74) is 0. The third-order valence-corrected chi connectivity index (χ3v) is 2.92. The molecule has 0 unspecified atom stereocenters. The molecule has 1 aliphatic carbocycles. The standard InChI is InChI=1S/C13H28N2/c1-12(2)14-10-6-4-3-5-7-11-15-13-8-9-13/h12-15H,3-11H2,1-2H3. The van der Waals surface area contributed by atoms with Crippen LogP contribution in [0.25, 0.3) is 0 Å². The molecule has 2 nitrogen and oxygen atoms in total. The van der Waals surface area contributed by atoms with E-state index in [4.69, 9.17) is 0 Å². The van der Waals surface area contributed by atoms with Crippen LogP contribution in [-0.2, 0) is 0 Å². The van der Waals surface area contributed by atoms with Gasteiger partial charge in [0.2, 0.25) is 0 Å². The van der Waals surface area contributed by atoms with E-state index >= 15 is 0 Å². The Hall–Kier alpha value is -0.0800. The molecule has 0 radical (unpaired) electrons. The summed E-state index contributed by atoms with van der Waals surface area (Å²) in [4.78, 5) is 0. The second-order valence-corrected chi connectivity index (χ2v) is 5.10. The van der Waals surface area contributed by atoms with Gasteiger partial charge in [0.15, 0.2) is 0 Å². The van der Waals surface area contributed by atoms with Crippen LogP contribution in [0.5, 0.6) is 0 Å². The highest BCUT2D eigenvalue weighted by Gasteiger charge is 2.19. The molecule has 0 aliphatic heterocycles. The molecule has 0 saturated heterocycles. The Kier molecular flexibility index (Phi) is 7.03. The van der Waals surface area contributed by atoms with Crippen molar-refractivity contribution in [3.63, 3.8) is 0 Å². The van der Waals surface area contributed by atoms with Crippen LogP contribution in [0.1, 0.15) is 58.8 Å². The second-order valence-electron chi connectivity index (χ2n) is 5.10. The SMILES string of the molecule is CC(C)NCCCCCCCNC1CC1. The average Bonchev–Trinajstić information content (AvgIpc) is 2.98. The highest BCUT2D eigenvalue weighted by molar-refractivity contribution is 4.80. The summed E-state index contributed by atoms with van der Waals surface area (Å²) in [6, 6.07) is 1.54. The molecule has 0 bridgehead atoms. The van der Waals surface area contributed by atoms with Gasteiger partial charge in [0.05, 0.1) is 0 Å². The van der Waals surface area contributed by atoms with E-state index in [2.05, 4.69) is 24.5 Å². The lowest BCUT2D eigenvalue weighted by Crippen LogP contribution is -2.23. The maximum Gasteiger partial charge on any atom is 0.00682 e. The molecular weight excluding hydrogens is 184 g/mol. The maximum atomic E-state index is 3.56. The fraction of sp³-hybridized carbons (Fsp3) is 1.00. The number of unbranched alkanes of at least 4 members (excludes halogenated alkanes) is 4. The molecule has 15 heavy (non-hydrogen) atoms. The molecule has 1 fully saturated rings. The van der Waals surface area contributed by atoms with Crippen LogP contribution in [-0.4, -0.2) is 25.2 Å². The molecule has 1 rings (SSSR count). The number of hydrogen-bond donors (Lipinski definition) is 2. The average molecular weight is 212 g/mol. The van der Waals surface area contributed by atoms with Crippen molar-refractivity contribution in [1.82, 2.24) is 10.6 Å². The molecule has 2 N–H and O–H groups in total. The van der Waals surface area contributed by atoms with Crippen molar-refractivity contribution in [1.29, 1.82) is 0 Å². The van der Waals surface area contributed by atoms with Crippen molar-refractivity contribution in [2.75, 3.05) is 13.1 Å². The van der Waals surface area contributed by atoms with Crippen molar-refractivity contribution < 1.29 is 0 Å². The van der Waals surface area contributed by atoms with Gasteiger partial charge in [-0.15, -0.1) is 0 Å². The molecule has 90 valence electrons. The minimum Gasteiger partial charge on any atom is -0.315 e. The van der Waals surface area contributed by atoms with Crippen LogP contribution in [0.3, 0.4) is 0 Å². The summed E-state index contributed by atoms with van der Waals surface area (Å²) in [5.74, 6) is 0. The van der Waals surface area contributed by atoms with E-state index in [-0.39, 0.29) is 0 Å². The predicted molar refractivity (Wildman–Crippen MR) is 67.2 cm³/mol. The monoisotopic (exact) mass is 212 g/mol. The lowest BCUT2D eigenvalue weighted by atomic mass is 10.1. The first-order chi connectivity index (χ1) is 7.29. The fourth-order valence-corrected chi connectivity index (χ4v) is 1.76. The van der Waals surface area contributed by atoms with Crippen LogP contribution < -0.4 is 10.6 Å². The van der Waals surface area contributed by atoms with E-state index in [1.54, 1.807) is 0 Å². The Morgan fingerprint density at radius 1 is 0.933 bits per heavy atom. The summed E-state index contributed by atoms with van der Waals surface area (Å²) in [6.45, 7) is 6.86. The molecule has 0 spiro atoms. The van der Waals surface area contributed by atoms with E-state index in [1.165, 1.54) is 58.0 Å². The third-order valence-electron chi connectivity index (χ3n) is 2.92. The maximum absolute atomic E-state index is 3.56. The van der Waals surface area contributed by atoms with E-state index in [0.717, 1.165) is 6.04 Å². The zero-order chi connectivity index (χ0) is 10.9. The van der Waals surface area contributed by atoms with E-state index in [9.17, 15) is 0 Å². The van der Waals surface area contributed by atoms with E-state index < -0.39 is 0 Å². The molecule has 0 atom stereocenters. The van der Waals surface area contributed by atoms with Crippen molar-refractivity contribution in [3.8, 4) is 0 Å². The second kappa shape index (κ2) is 8.12. The topological polar surface area (TPSA) is 24.1 Å². The van der Waals surface area contributed by atoms with Gasteiger partial charge in [0.25, 0.3) is 0 Å². The predicted octanol–water partition coefficient (Wildman–Crippen LogP) is 2.69. The van der Waals surface area contributed by atoms with Crippen molar-refractivity contribution in [2.45, 2.75) is 70.9 Å². The summed E-state index contributed by atoms with van der Waals surface area (Å²) in [7, 11) is 0. The molecule has 0 heterocycles. The summed E-state index contributed by atoms with van der Waals surface area (Å²) < 4.78 is 0. The van der Waals surface area contributed by atoms with E-state index in [0.29, 0.717) is 6.04 Å². The van der Waals surface area contributed by atoms with Gasteiger partial charge >= 0.3 is 0 Å². The molecule has 0 aromatic heterocycles. The molecule has 0 aromatic rings.